The van der Waals surface area contributed by atoms with Crippen LogP contribution in [0, 0.1) is 6.92 Å². The molecular formula is C22H13ClF6N2O. The summed E-state index contributed by atoms with van der Waals surface area (Å²) in [7, 11) is 0. The highest BCUT2D eigenvalue weighted by molar-refractivity contribution is 6.31. The van der Waals surface area contributed by atoms with Gasteiger partial charge in [0.15, 0.2) is 11.6 Å². The maximum Gasteiger partial charge on any atom is 0.417 e. The fraction of sp³-hybridized carbons (Fsp3) is 0.136. The minimum absolute atomic E-state index is 0.173. The lowest BCUT2D eigenvalue weighted by Gasteiger charge is -2.09. The van der Waals surface area contributed by atoms with Crippen molar-refractivity contribution in [3.05, 3.63) is 76.4 Å². The van der Waals surface area contributed by atoms with E-state index in [0.717, 1.165) is 24.3 Å². The van der Waals surface area contributed by atoms with Crippen LogP contribution in [0.4, 0.5) is 26.3 Å². The van der Waals surface area contributed by atoms with Gasteiger partial charge in [0.2, 0.25) is 0 Å². The van der Waals surface area contributed by atoms with Crippen molar-refractivity contribution in [1.29, 1.82) is 0 Å². The van der Waals surface area contributed by atoms with Gasteiger partial charge in [0.1, 0.15) is 5.76 Å². The highest BCUT2D eigenvalue weighted by atomic mass is 35.5. The molecule has 1 N–H and O–H groups in total. The number of nitrogens with zero attached hydrogens (tertiary/aromatic N) is 1. The van der Waals surface area contributed by atoms with Gasteiger partial charge < -0.3 is 9.40 Å². The summed E-state index contributed by atoms with van der Waals surface area (Å²) in [5.41, 5.74) is -0.0859. The number of H-pyrrole nitrogens is 1. The minimum Gasteiger partial charge on any atom is -0.453 e. The van der Waals surface area contributed by atoms with Gasteiger partial charge in [-0.2, -0.15) is 26.3 Å². The predicted octanol–water partition coefficient (Wildman–Crippen LogP) is 8.00. The van der Waals surface area contributed by atoms with Crippen molar-refractivity contribution in [1.82, 2.24) is 9.97 Å². The van der Waals surface area contributed by atoms with Crippen molar-refractivity contribution in [2.75, 3.05) is 0 Å². The highest BCUT2D eigenvalue weighted by Crippen LogP contribution is 2.38. The molecule has 4 rings (SSSR count). The predicted molar refractivity (Wildman–Crippen MR) is 107 cm³/mol. The molecule has 0 unspecified atom stereocenters. The first-order valence-corrected chi connectivity index (χ1v) is 9.53. The Labute approximate surface area is 182 Å². The Bertz CT molecular complexity index is 1270. The first-order valence-electron chi connectivity index (χ1n) is 9.15. The Kier molecular flexibility index (Phi) is 5.32. The van der Waals surface area contributed by atoms with E-state index in [1.807, 2.05) is 0 Å². The number of furan rings is 1. The molecule has 0 bridgehead atoms. The lowest BCUT2D eigenvalue weighted by Crippen LogP contribution is -2.05. The van der Waals surface area contributed by atoms with Gasteiger partial charge in [-0.15, -0.1) is 0 Å². The van der Waals surface area contributed by atoms with Crippen LogP contribution in [0.15, 0.2) is 59.0 Å². The van der Waals surface area contributed by atoms with Crippen LogP contribution in [-0.4, -0.2) is 9.97 Å². The fourth-order valence-corrected chi connectivity index (χ4v) is 3.42. The molecule has 0 fully saturated rings. The average Bonchev–Trinajstić information content (AvgIpc) is 3.34. The second-order valence-corrected chi connectivity index (χ2v) is 7.40. The number of aromatic nitrogens is 2. The van der Waals surface area contributed by atoms with E-state index in [-0.39, 0.29) is 22.9 Å². The normalized spacial score (nSPS) is 12.4. The number of benzene rings is 2. The van der Waals surface area contributed by atoms with Crippen LogP contribution in [0.3, 0.4) is 0 Å². The number of imidazole rings is 1. The first-order chi connectivity index (χ1) is 14.9. The van der Waals surface area contributed by atoms with E-state index in [4.69, 9.17) is 16.0 Å². The summed E-state index contributed by atoms with van der Waals surface area (Å²) in [5.74, 6) is 0.714. The molecule has 10 heteroatoms. The molecule has 2 aromatic heterocycles. The monoisotopic (exact) mass is 470 g/mol. The summed E-state index contributed by atoms with van der Waals surface area (Å²) in [5, 5.41) is -0.420. The lowest BCUT2D eigenvalue weighted by molar-refractivity contribution is -0.138. The summed E-state index contributed by atoms with van der Waals surface area (Å²) in [6.45, 7) is 1.70. The second-order valence-electron chi connectivity index (χ2n) is 6.99. The van der Waals surface area contributed by atoms with E-state index in [1.165, 1.54) is 30.3 Å². The Morgan fingerprint density at radius 1 is 0.812 bits per heavy atom. The number of alkyl halides is 6. The maximum absolute atomic E-state index is 13.1. The first kappa shape index (κ1) is 22.0. The van der Waals surface area contributed by atoms with E-state index >= 15 is 0 Å². The van der Waals surface area contributed by atoms with Crippen LogP contribution in [0.5, 0.6) is 0 Å². The third-order valence-electron chi connectivity index (χ3n) is 4.77. The zero-order chi connectivity index (χ0) is 23.3. The molecule has 4 aromatic rings. The lowest BCUT2D eigenvalue weighted by atomic mass is 10.1. The molecule has 0 spiro atoms. The van der Waals surface area contributed by atoms with Crippen molar-refractivity contribution in [2.45, 2.75) is 19.3 Å². The van der Waals surface area contributed by atoms with Gasteiger partial charge in [0.25, 0.3) is 0 Å². The van der Waals surface area contributed by atoms with Gasteiger partial charge in [-0.05, 0) is 49.4 Å². The topological polar surface area (TPSA) is 41.8 Å². The number of aryl methyl sites for hydroxylation is 1. The van der Waals surface area contributed by atoms with Crippen LogP contribution in [0.25, 0.3) is 34.2 Å². The van der Waals surface area contributed by atoms with Gasteiger partial charge in [-0.25, -0.2) is 4.98 Å². The third kappa shape index (κ3) is 4.25. The zero-order valence-corrected chi connectivity index (χ0v) is 17.0. The summed E-state index contributed by atoms with van der Waals surface area (Å²) in [4.78, 5) is 7.37. The standard InChI is InChI=1S/C22H13ClF6N2O/c1-11-19(12-2-5-14(6-3-12)21(24,25)26)31-20(30-11)18-9-8-17(32-18)13-4-7-16(23)15(10-13)22(27,28)29/h2-10H,1H3,(H,30,31). The van der Waals surface area contributed by atoms with Crippen molar-refractivity contribution < 1.29 is 30.8 Å². The van der Waals surface area contributed by atoms with Crippen LogP contribution in [0.2, 0.25) is 5.02 Å². The van der Waals surface area contributed by atoms with Gasteiger partial charge in [0.05, 0.1) is 21.8 Å². The number of hydrogen-bond donors (Lipinski definition) is 1. The Balaban J connectivity index is 1.65. The van der Waals surface area contributed by atoms with E-state index in [9.17, 15) is 26.3 Å². The molecule has 2 heterocycles. The number of rotatable bonds is 3. The van der Waals surface area contributed by atoms with Gasteiger partial charge in [0, 0.05) is 16.8 Å². The zero-order valence-electron chi connectivity index (χ0n) is 16.2. The summed E-state index contributed by atoms with van der Waals surface area (Å²) >= 11 is 5.65. The summed E-state index contributed by atoms with van der Waals surface area (Å²) in [6.07, 6.45) is -9.06. The molecule has 0 aliphatic heterocycles. The van der Waals surface area contributed by atoms with E-state index in [2.05, 4.69) is 9.97 Å². The van der Waals surface area contributed by atoms with Crippen molar-refractivity contribution >= 4 is 11.6 Å². The molecule has 32 heavy (non-hydrogen) atoms. The maximum atomic E-state index is 13.1. The van der Waals surface area contributed by atoms with Crippen molar-refractivity contribution in [3.8, 4) is 34.2 Å². The molecule has 0 saturated heterocycles. The van der Waals surface area contributed by atoms with Crippen LogP contribution < -0.4 is 0 Å². The number of nitrogens with one attached hydrogen (secondary N) is 1. The largest absolute Gasteiger partial charge is 0.453 e. The second kappa shape index (κ2) is 7.74. The van der Waals surface area contributed by atoms with Gasteiger partial charge in [-0.1, -0.05) is 23.7 Å². The molecule has 166 valence electrons. The Morgan fingerprint density at radius 2 is 1.44 bits per heavy atom. The quantitative estimate of drug-likeness (QED) is 0.308. The van der Waals surface area contributed by atoms with Crippen LogP contribution in [-0.2, 0) is 12.4 Å². The average molecular weight is 471 g/mol. The fourth-order valence-electron chi connectivity index (χ4n) is 3.19. The molecule has 3 nitrogen and oxygen atoms in total. The molecule has 0 radical (unpaired) electrons. The van der Waals surface area contributed by atoms with E-state index in [1.54, 1.807) is 6.92 Å². The smallest absolute Gasteiger partial charge is 0.417 e. The molecule has 0 saturated carbocycles. The molecule has 0 aliphatic rings. The van der Waals surface area contributed by atoms with Gasteiger partial charge >= 0.3 is 12.4 Å². The minimum atomic E-state index is -4.61. The Hall–Kier alpha value is -3.20. The van der Waals surface area contributed by atoms with Crippen molar-refractivity contribution in [3.63, 3.8) is 0 Å². The SMILES string of the molecule is Cc1[nH]c(-c2ccc(-c3ccc(Cl)c(C(F)(F)F)c3)o2)nc1-c1ccc(C(F)(F)F)cc1. The van der Waals surface area contributed by atoms with Crippen LogP contribution in [0.1, 0.15) is 16.8 Å². The van der Waals surface area contributed by atoms with Gasteiger partial charge in [-0.3, -0.25) is 0 Å². The summed E-state index contributed by atoms with van der Waals surface area (Å²) < 4.78 is 83.4. The molecule has 2 aromatic carbocycles. The molecule has 0 aliphatic carbocycles. The molecule has 0 amide bonds. The number of halogens is 7. The number of hydrogen-bond acceptors (Lipinski definition) is 2. The summed E-state index contributed by atoms with van der Waals surface area (Å²) in [6, 6.07) is 11.0. The highest BCUT2D eigenvalue weighted by Gasteiger charge is 2.33. The van der Waals surface area contributed by atoms with E-state index < -0.39 is 28.5 Å². The third-order valence-corrected chi connectivity index (χ3v) is 5.10. The van der Waals surface area contributed by atoms with E-state index in [0.29, 0.717) is 17.0 Å². The Morgan fingerprint density at radius 3 is 2.06 bits per heavy atom. The molecular weight excluding hydrogens is 458 g/mol. The molecule has 0 atom stereocenters. The number of aromatic amines is 1. The van der Waals surface area contributed by atoms with Crippen LogP contribution >= 0.6 is 11.6 Å². The van der Waals surface area contributed by atoms with Crippen molar-refractivity contribution in [2.24, 2.45) is 0 Å².